The minimum Gasteiger partial charge on any atom is -1.00 e. The van der Waals surface area contributed by atoms with E-state index in [1.54, 1.807) is 6.21 Å². The van der Waals surface area contributed by atoms with Gasteiger partial charge in [-0.05, 0) is 36.4 Å². The van der Waals surface area contributed by atoms with Gasteiger partial charge in [0.25, 0.3) is 0 Å². The summed E-state index contributed by atoms with van der Waals surface area (Å²) in [6, 6.07) is 19.9. The van der Waals surface area contributed by atoms with Crippen LogP contribution < -0.4 is 17.7 Å². The van der Waals surface area contributed by atoms with Crippen LogP contribution in [0.3, 0.4) is 0 Å². The van der Waals surface area contributed by atoms with Crippen molar-refractivity contribution in [2.45, 2.75) is 0 Å². The maximum atomic E-state index is 4.30. The van der Waals surface area contributed by atoms with E-state index in [4.69, 9.17) is 0 Å². The highest BCUT2D eigenvalue weighted by Gasteiger charge is 1.82. The molecule has 0 aliphatic carbocycles. The van der Waals surface area contributed by atoms with E-state index < -0.39 is 0 Å². The average molecular weight is 284 g/mol. The first kappa shape index (κ1) is 15.7. The zero-order valence-corrected chi connectivity index (χ0v) is 11.7. The van der Waals surface area contributed by atoms with Gasteiger partial charge in [-0.25, -0.2) is 0 Å². The number of hydrogen-bond acceptors (Lipinski definition) is 2. The van der Waals surface area contributed by atoms with Gasteiger partial charge in [0, 0.05) is 18.1 Å². The van der Waals surface area contributed by atoms with E-state index >= 15 is 0 Å². The van der Waals surface area contributed by atoms with Crippen molar-refractivity contribution in [1.82, 2.24) is 0 Å². The molecular formula is C17H16ClN2-. The van der Waals surface area contributed by atoms with Gasteiger partial charge in [-0.1, -0.05) is 42.5 Å². The van der Waals surface area contributed by atoms with Gasteiger partial charge >= 0.3 is 0 Å². The summed E-state index contributed by atoms with van der Waals surface area (Å²) >= 11 is 0. The van der Waals surface area contributed by atoms with Crippen LogP contribution in [0.1, 0.15) is 0 Å². The zero-order chi connectivity index (χ0) is 13.2. The summed E-state index contributed by atoms with van der Waals surface area (Å²) in [5.41, 5.74) is 2.03. The fourth-order valence-corrected chi connectivity index (χ4v) is 1.49. The van der Waals surface area contributed by atoms with Gasteiger partial charge in [0.15, 0.2) is 0 Å². The van der Waals surface area contributed by atoms with Crippen molar-refractivity contribution in [1.29, 1.82) is 0 Å². The highest BCUT2D eigenvalue weighted by atomic mass is 35.5. The number of anilines is 1. The number of halogens is 1. The van der Waals surface area contributed by atoms with Crippen molar-refractivity contribution < 1.29 is 12.4 Å². The Labute approximate surface area is 126 Å². The Morgan fingerprint density at radius 3 is 2.10 bits per heavy atom. The third-order valence-electron chi connectivity index (χ3n) is 2.41. The lowest BCUT2D eigenvalue weighted by Crippen LogP contribution is -3.00. The molecule has 0 aliphatic rings. The molecular weight excluding hydrogens is 268 g/mol. The summed E-state index contributed by atoms with van der Waals surface area (Å²) in [6.45, 7) is 0. The maximum Gasteiger partial charge on any atom is 0.0629 e. The first-order chi connectivity index (χ1) is 9.45. The van der Waals surface area contributed by atoms with Crippen molar-refractivity contribution >= 4 is 17.6 Å². The second-order valence-corrected chi connectivity index (χ2v) is 3.87. The maximum absolute atomic E-state index is 4.30. The van der Waals surface area contributed by atoms with E-state index in [1.165, 1.54) is 0 Å². The van der Waals surface area contributed by atoms with Gasteiger partial charge in [0.2, 0.25) is 0 Å². The zero-order valence-electron chi connectivity index (χ0n) is 11.0. The molecule has 2 aromatic rings. The van der Waals surface area contributed by atoms with Crippen molar-refractivity contribution in [3.8, 4) is 0 Å². The lowest BCUT2D eigenvalue weighted by atomic mass is 10.3. The van der Waals surface area contributed by atoms with Crippen LogP contribution in [-0.2, 0) is 0 Å². The Balaban J connectivity index is 0.00000200. The molecule has 0 atom stereocenters. The standard InChI is InChI=1S/C17H16N2.ClH/c1-4-10-16(11-5-1)18-14-8-3-9-15-19-17-12-6-2-7-13-17;/h1-15,18H;1H/p-1/b9-3+,14-8+,19-15?;. The molecule has 2 aromatic carbocycles. The second kappa shape index (κ2) is 9.59. The monoisotopic (exact) mass is 283 g/mol. The van der Waals surface area contributed by atoms with Gasteiger partial charge in [0.1, 0.15) is 0 Å². The molecule has 0 unspecified atom stereocenters. The number of aliphatic imine (C=N–C) groups is 1. The van der Waals surface area contributed by atoms with Crippen molar-refractivity contribution in [3.63, 3.8) is 0 Å². The number of rotatable bonds is 5. The number of benzene rings is 2. The molecule has 0 bridgehead atoms. The molecule has 3 heteroatoms. The van der Waals surface area contributed by atoms with Crippen LogP contribution in [0.25, 0.3) is 0 Å². The average Bonchev–Trinajstić information content (AvgIpc) is 2.48. The topological polar surface area (TPSA) is 24.4 Å². The molecule has 0 saturated carbocycles. The summed E-state index contributed by atoms with van der Waals surface area (Å²) in [5.74, 6) is 0. The highest BCUT2D eigenvalue weighted by Crippen LogP contribution is 2.08. The Morgan fingerprint density at radius 2 is 1.40 bits per heavy atom. The van der Waals surface area contributed by atoms with Crippen molar-refractivity contribution in [3.05, 3.63) is 85.1 Å². The van der Waals surface area contributed by atoms with Gasteiger partial charge in [-0.3, -0.25) is 4.99 Å². The number of nitrogens with one attached hydrogen (secondary N) is 1. The van der Waals surface area contributed by atoms with Crippen LogP contribution >= 0.6 is 0 Å². The van der Waals surface area contributed by atoms with Crippen molar-refractivity contribution in [2.75, 3.05) is 5.32 Å². The predicted molar refractivity (Wildman–Crippen MR) is 82.9 cm³/mol. The molecule has 0 fully saturated rings. The Hall–Kier alpha value is -2.32. The van der Waals surface area contributed by atoms with E-state index in [1.807, 2.05) is 85.1 Å². The fraction of sp³-hybridized carbons (Fsp3) is 0. The predicted octanol–water partition coefficient (Wildman–Crippen LogP) is 1.57. The summed E-state index contributed by atoms with van der Waals surface area (Å²) in [7, 11) is 0. The summed E-state index contributed by atoms with van der Waals surface area (Å²) in [4.78, 5) is 4.30. The SMILES string of the molecule is C(/C=C/C=C/Nc1ccccc1)=Nc1ccccc1.[Cl-]. The summed E-state index contributed by atoms with van der Waals surface area (Å²) in [6.07, 6.45) is 9.44. The van der Waals surface area contributed by atoms with E-state index in [0.29, 0.717) is 0 Å². The molecule has 1 N–H and O–H groups in total. The van der Waals surface area contributed by atoms with Crippen LogP contribution in [-0.4, -0.2) is 6.21 Å². The quantitative estimate of drug-likeness (QED) is 0.654. The van der Waals surface area contributed by atoms with Gasteiger partial charge < -0.3 is 17.7 Å². The molecule has 0 amide bonds. The first-order valence-electron chi connectivity index (χ1n) is 6.18. The van der Waals surface area contributed by atoms with Crippen LogP contribution in [0.15, 0.2) is 90.1 Å². The third kappa shape index (κ3) is 6.03. The third-order valence-corrected chi connectivity index (χ3v) is 2.41. The molecule has 2 rings (SSSR count). The molecule has 2 nitrogen and oxygen atoms in total. The number of allylic oxidation sites excluding steroid dienone is 3. The number of nitrogens with zero attached hydrogens (tertiary/aromatic N) is 1. The highest BCUT2D eigenvalue weighted by molar-refractivity contribution is 5.74. The molecule has 0 aliphatic heterocycles. The van der Waals surface area contributed by atoms with Crippen LogP contribution in [0, 0.1) is 0 Å². The van der Waals surface area contributed by atoms with E-state index in [9.17, 15) is 0 Å². The normalized spacial score (nSPS) is 11.0. The van der Waals surface area contributed by atoms with E-state index in [0.717, 1.165) is 11.4 Å². The van der Waals surface area contributed by atoms with Gasteiger partial charge in [-0.15, -0.1) is 0 Å². The minimum absolute atomic E-state index is 0. The van der Waals surface area contributed by atoms with Gasteiger partial charge in [0.05, 0.1) is 5.69 Å². The lowest BCUT2D eigenvalue weighted by Gasteiger charge is -1.97. The molecule has 102 valence electrons. The van der Waals surface area contributed by atoms with Crippen LogP contribution in [0.2, 0.25) is 0 Å². The smallest absolute Gasteiger partial charge is 0.0629 e. The van der Waals surface area contributed by atoms with Gasteiger partial charge in [-0.2, -0.15) is 0 Å². The minimum atomic E-state index is 0. The molecule has 0 radical (unpaired) electrons. The molecule has 0 saturated heterocycles. The number of hydrogen-bond donors (Lipinski definition) is 1. The first-order valence-corrected chi connectivity index (χ1v) is 6.18. The Morgan fingerprint density at radius 1 is 0.750 bits per heavy atom. The largest absolute Gasteiger partial charge is 1.00 e. The fourth-order valence-electron chi connectivity index (χ4n) is 1.49. The van der Waals surface area contributed by atoms with Crippen LogP contribution in [0.5, 0.6) is 0 Å². The van der Waals surface area contributed by atoms with E-state index in [2.05, 4.69) is 10.3 Å². The molecule has 20 heavy (non-hydrogen) atoms. The van der Waals surface area contributed by atoms with Crippen molar-refractivity contribution in [2.24, 2.45) is 4.99 Å². The lowest BCUT2D eigenvalue weighted by molar-refractivity contribution is -0.00000373. The molecule has 0 heterocycles. The summed E-state index contributed by atoms with van der Waals surface area (Å²) < 4.78 is 0. The summed E-state index contributed by atoms with van der Waals surface area (Å²) in [5, 5.41) is 3.18. The second-order valence-electron chi connectivity index (χ2n) is 3.87. The van der Waals surface area contributed by atoms with Crippen LogP contribution in [0.4, 0.5) is 11.4 Å². The molecule has 0 spiro atoms. The number of para-hydroxylation sites is 2. The van der Waals surface area contributed by atoms with E-state index in [-0.39, 0.29) is 12.4 Å². The Kier molecular flexibility index (Phi) is 7.55. The Bertz CT molecular complexity index is 560. The molecule has 0 aromatic heterocycles.